The number of rotatable bonds is 6. The molecule has 29 heavy (non-hydrogen) atoms. The predicted octanol–water partition coefficient (Wildman–Crippen LogP) is 1.41. The Morgan fingerprint density at radius 2 is 1.59 bits per heavy atom. The van der Waals surface area contributed by atoms with E-state index in [1.165, 1.54) is 6.20 Å². The van der Waals surface area contributed by atoms with E-state index in [0.29, 0.717) is 65.1 Å². The molecule has 9 heteroatoms. The van der Waals surface area contributed by atoms with Gasteiger partial charge in [-0.3, -0.25) is 9.59 Å². The van der Waals surface area contributed by atoms with Crippen LogP contribution in [0, 0.1) is 17.2 Å². The van der Waals surface area contributed by atoms with Crippen molar-refractivity contribution in [2.24, 2.45) is 5.92 Å². The van der Waals surface area contributed by atoms with E-state index in [2.05, 4.69) is 5.32 Å². The molecule has 0 saturated carbocycles. The summed E-state index contributed by atoms with van der Waals surface area (Å²) in [4.78, 5) is 39.4. The summed E-state index contributed by atoms with van der Waals surface area (Å²) in [6, 6.07) is 2.06. The first kappa shape index (κ1) is 22.5. The van der Waals surface area contributed by atoms with E-state index in [4.69, 9.17) is 9.47 Å². The maximum absolute atomic E-state index is 12.6. The lowest BCUT2D eigenvalue weighted by Crippen LogP contribution is -2.44. The Kier molecular flexibility index (Phi) is 8.77. The molecule has 0 aliphatic carbocycles. The molecule has 2 rings (SSSR count). The van der Waals surface area contributed by atoms with E-state index in [1.54, 1.807) is 23.6 Å². The van der Waals surface area contributed by atoms with Crippen molar-refractivity contribution in [3.8, 4) is 6.07 Å². The maximum atomic E-state index is 12.6. The number of hydrogen-bond donors (Lipinski definition) is 1. The van der Waals surface area contributed by atoms with Crippen LogP contribution in [0.2, 0.25) is 0 Å². The molecule has 1 N–H and O–H groups in total. The van der Waals surface area contributed by atoms with Gasteiger partial charge in [0.2, 0.25) is 0 Å². The highest BCUT2D eigenvalue weighted by Crippen LogP contribution is 2.20. The molecule has 0 unspecified atom stereocenters. The van der Waals surface area contributed by atoms with E-state index < -0.39 is 0 Å². The number of nitrogens with one attached hydrogen (secondary N) is 1. The normalized spacial score (nSPS) is 18.7. The van der Waals surface area contributed by atoms with Gasteiger partial charge in [0, 0.05) is 38.4 Å². The zero-order chi connectivity index (χ0) is 21.2. The van der Waals surface area contributed by atoms with Gasteiger partial charge in [0.15, 0.2) is 0 Å². The third-order valence-electron chi connectivity index (χ3n) is 5.24. The van der Waals surface area contributed by atoms with Crippen molar-refractivity contribution in [1.82, 2.24) is 15.1 Å². The zero-order valence-electron chi connectivity index (χ0n) is 17.2. The van der Waals surface area contributed by atoms with Gasteiger partial charge in [-0.2, -0.15) is 5.26 Å². The number of nitriles is 1. The number of ether oxygens (including phenoxy) is 2. The first-order chi connectivity index (χ1) is 14.0. The first-order valence-corrected chi connectivity index (χ1v) is 10.2. The number of nitrogens with zero attached hydrogens (tertiary/aromatic N) is 3. The molecule has 0 aromatic rings. The maximum Gasteiger partial charge on any atom is 0.409 e. The van der Waals surface area contributed by atoms with Gasteiger partial charge in [-0.05, 0) is 39.5 Å². The summed E-state index contributed by atoms with van der Waals surface area (Å²) >= 11 is 0. The van der Waals surface area contributed by atoms with Crippen molar-refractivity contribution in [1.29, 1.82) is 5.26 Å². The van der Waals surface area contributed by atoms with Gasteiger partial charge in [-0.1, -0.05) is 0 Å². The average molecular weight is 406 g/mol. The summed E-state index contributed by atoms with van der Waals surface area (Å²) in [5.41, 5.74) is 0.0485. The lowest BCUT2D eigenvalue weighted by Gasteiger charge is -2.32. The van der Waals surface area contributed by atoms with Crippen molar-refractivity contribution < 1.29 is 23.9 Å². The van der Waals surface area contributed by atoms with Crippen molar-refractivity contribution in [3.63, 3.8) is 0 Å². The van der Waals surface area contributed by atoms with Crippen molar-refractivity contribution in [2.75, 3.05) is 39.4 Å². The molecule has 0 atom stereocenters. The highest BCUT2D eigenvalue weighted by atomic mass is 16.6. The van der Waals surface area contributed by atoms with Crippen LogP contribution in [0.15, 0.2) is 11.8 Å². The Labute approximate surface area is 171 Å². The second-order valence-corrected chi connectivity index (χ2v) is 7.12. The van der Waals surface area contributed by atoms with E-state index in [9.17, 15) is 19.6 Å². The molecule has 160 valence electrons. The Bertz CT molecular complexity index is 656. The quantitative estimate of drug-likeness (QED) is 0.403. The first-order valence-electron chi connectivity index (χ1n) is 10.2. The molecule has 0 aromatic heterocycles. The summed E-state index contributed by atoms with van der Waals surface area (Å²) in [5.74, 6) is -0.728. The molecule has 2 aliphatic rings. The lowest BCUT2D eigenvalue weighted by atomic mass is 9.96. The van der Waals surface area contributed by atoms with Gasteiger partial charge in [0.1, 0.15) is 11.6 Å². The second-order valence-electron chi connectivity index (χ2n) is 7.12. The van der Waals surface area contributed by atoms with Gasteiger partial charge < -0.3 is 24.6 Å². The third kappa shape index (κ3) is 6.38. The van der Waals surface area contributed by atoms with Crippen molar-refractivity contribution >= 4 is 18.0 Å². The van der Waals surface area contributed by atoms with E-state index >= 15 is 0 Å². The molecule has 0 radical (unpaired) electrons. The van der Waals surface area contributed by atoms with Crippen LogP contribution in [0.1, 0.15) is 39.5 Å². The number of hydrogen-bond acceptors (Lipinski definition) is 7. The van der Waals surface area contributed by atoms with Crippen LogP contribution in [-0.4, -0.2) is 73.2 Å². The number of carbonyl (C=O) groups excluding carboxylic acids is 3. The highest BCUT2D eigenvalue weighted by Gasteiger charge is 2.30. The van der Waals surface area contributed by atoms with Crippen molar-refractivity contribution in [3.05, 3.63) is 11.8 Å². The number of likely N-dealkylation sites (tertiary alicyclic amines) is 2. The molecule has 0 bridgehead atoms. The van der Waals surface area contributed by atoms with Gasteiger partial charge in [0.05, 0.1) is 19.1 Å². The fourth-order valence-electron chi connectivity index (χ4n) is 3.54. The smallest absolute Gasteiger partial charge is 0.409 e. The van der Waals surface area contributed by atoms with Crippen LogP contribution < -0.4 is 5.32 Å². The lowest BCUT2D eigenvalue weighted by molar-refractivity contribution is -0.150. The molecule has 2 amide bonds. The summed E-state index contributed by atoms with van der Waals surface area (Å²) in [6.45, 7) is 6.25. The minimum Gasteiger partial charge on any atom is -0.466 e. The second kappa shape index (κ2) is 11.3. The molecule has 0 aromatic carbocycles. The van der Waals surface area contributed by atoms with Crippen LogP contribution >= 0.6 is 0 Å². The molecule has 9 nitrogen and oxygen atoms in total. The Hall–Kier alpha value is -2.76. The van der Waals surface area contributed by atoms with Gasteiger partial charge in [-0.15, -0.1) is 0 Å². The number of esters is 1. The number of piperidine rings is 2. The molecule has 0 spiro atoms. The Balaban J connectivity index is 1.81. The minimum absolute atomic E-state index is 0.0485. The van der Waals surface area contributed by atoms with E-state index in [0.717, 1.165) is 0 Å². The number of carbonyl (C=O) groups is 3. The molecular formula is C20H30N4O5. The van der Waals surface area contributed by atoms with Gasteiger partial charge in [-0.25, -0.2) is 4.79 Å². The summed E-state index contributed by atoms with van der Waals surface area (Å²) in [6.07, 6.45) is 3.69. The number of amides is 2. The van der Waals surface area contributed by atoms with Crippen LogP contribution in [0.3, 0.4) is 0 Å². The summed E-state index contributed by atoms with van der Waals surface area (Å²) < 4.78 is 10.0. The van der Waals surface area contributed by atoms with Crippen LogP contribution in [0.4, 0.5) is 4.79 Å². The van der Waals surface area contributed by atoms with Crippen LogP contribution in [0.25, 0.3) is 0 Å². The molecule has 2 heterocycles. The van der Waals surface area contributed by atoms with Gasteiger partial charge >= 0.3 is 12.1 Å². The van der Waals surface area contributed by atoms with E-state index in [1.807, 2.05) is 6.07 Å². The Morgan fingerprint density at radius 1 is 1.00 bits per heavy atom. The fourth-order valence-corrected chi connectivity index (χ4v) is 3.54. The average Bonchev–Trinajstić information content (AvgIpc) is 2.75. The van der Waals surface area contributed by atoms with Crippen LogP contribution in [0.5, 0.6) is 0 Å². The standard InChI is InChI=1S/C20H30N4O5/c1-3-28-19(26)15-5-9-23(10-6-15)18(25)16(13-21)14-22-17-7-11-24(12-8-17)20(27)29-4-2/h14-15,17,22H,3-12H2,1-2H3/b16-14-. The molecule has 2 fully saturated rings. The topological polar surface area (TPSA) is 112 Å². The monoisotopic (exact) mass is 406 g/mol. The highest BCUT2D eigenvalue weighted by molar-refractivity contribution is 5.97. The predicted molar refractivity (Wildman–Crippen MR) is 104 cm³/mol. The summed E-state index contributed by atoms with van der Waals surface area (Å²) in [5, 5.41) is 12.5. The third-order valence-corrected chi connectivity index (χ3v) is 5.24. The zero-order valence-corrected chi connectivity index (χ0v) is 17.2. The Morgan fingerprint density at radius 3 is 2.14 bits per heavy atom. The molecule has 2 saturated heterocycles. The largest absolute Gasteiger partial charge is 0.466 e. The molecular weight excluding hydrogens is 376 g/mol. The van der Waals surface area contributed by atoms with Crippen LogP contribution in [-0.2, 0) is 19.1 Å². The fraction of sp³-hybridized carbons (Fsp3) is 0.700. The summed E-state index contributed by atoms with van der Waals surface area (Å²) in [7, 11) is 0. The van der Waals surface area contributed by atoms with Gasteiger partial charge in [0.25, 0.3) is 5.91 Å². The SMILES string of the molecule is CCOC(=O)C1CCN(C(=O)/C(C#N)=C\NC2CCN(C(=O)OCC)CC2)CC1. The van der Waals surface area contributed by atoms with Crippen molar-refractivity contribution in [2.45, 2.75) is 45.6 Å². The minimum atomic E-state index is -0.328. The molecule has 2 aliphatic heterocycles. The van der Waals surface area contributed by atoms with E-state index in [-0.39, 0.29) is 35.5 Å².